The molecule has 0 aromatic heterocycles. The zero-order valence-electron chi connectivity index (χ0n) is 15.2. The summed E-state index contributed by atoms with van der Waals surface area (Å²) in [4.78, 5) is 0. The number of phenolic OH excluding ortho intramolecular Hbond substituents is 2. The van der Waals surface area contributed by atoms with E-state index in [1.54, 1.807) is 43.5 Å². The van der Waals surface area contributed by atoms with Crippen LogP contribution < -0.4 is 0 Å². The van der Waals surface area contributed by atoms with Crippen molar-refractivity contribution in [3.63, 3.8) is 0 Å². The molecule has 4 atom stereocenters. The van der Waals surface area contributed by atoms with Gasteiger partial charge in [0.05, 0.1) is 0 Å². The zero-order chi connectivity index (χ0) is 17.9. The summed E-state index contributed by atoms with van der Waals surface area (Å²) in [6, 6.07) is 14.9. The molecule has 0 spiro atoms. The van der Waals surface area contributed by atoms with Crippen LogP contribution in [-0.4, -0.2) is 10.2 Å². The van der Waals surface area contributed by atoms with Crippen LogP contribution in [0.1, 0.15) is 61.5 Å². The minimum Gasteiger partial charge on any atom is -0.508 e. The summed E-state index contributed by atoms with van der Waals surface area (Å²) < 4.78 is 0. The number of phenols is 2. The van der Waals surface area contributed by atoms with Gasteiger partial charge in [0.15, 0.2) is 0 Å². The first-order chi connectivity index (χ1) is 12.7. The van der Waals surface area contributed by atoms with Crippen LogP contribution in [0.3, 0.4) is 0 Å². The van der Waals surface area contributed by atoms with Crippen molar-refractivity contribution < 1.29 is 10.2 Å². The Morgan fingerprint density at radius 3 is 1.27 bits per heavy atom. The molecule has 0 saturated heterocycles. The number of rotatable bonds is 2. The van der Waals surface area contributed by atoms with Crippen molar-refractivity contribution in [1.82, 2.24) is 0 Å². The lowest BCUT2D eigenvalue weighted by Crippen LogP contribution is -2.06. The average molecular weight is 348 g/mol. The topological polar surface area (TPSA) is 40.5 Å². The van der Waals surface area contributed by atoms with E-state index in [2.05, 4.69) is 12.2 Å². The summed E-state index contributed by atoms with van der Waals surface area (Å²) >= 11 is 0. The van der Waals surface area contributed by atoms with Crippen molar-refractivity contribution in [3.05, 3.63) is 71.8 Å². The Labute approximate surface area is 156 Å². The van der Waals surface area contributed by atoms with Crippen molar-refractivity contribution in [2.24, 2.45) is 11.8 Å². The molecule has 2 saturated carbocycles. The fourth-order valence-electron chi connectivity index (χ4n) is 4.48. The SMILES string of the molecule is C1CC2CC2C1.Oc1ccc(C2C=CC(c3ccc(O)cc3)CC2)cc1. The van der Waals surface area contributed by atoms with E-state index in [-0.39, 0.29) is 0 Å². The molecule has 0 aliphatic heterocycles. The fraction of sp³-hybridized carbons (Fsp3) is 0.417. The Morgan fingerprint density at radius 1 is 0.577 bits per heavy atom. The summed E-state index contributed by atoms with van der Waals surface area (Å²) in [7, 11) is 0. The number of aromatic hydroxyl groups is 2. The molecule has 3 aliphatic carbocycles. The molecule has 2 N–H and O–H groups in total. The highest BCUT2D eigenvalue weighted by Crippen LogP contribution is 2.51. The van der Waals surface area contributed by atoms with Crippen LogP contribution in [0.4, 0.5) is 0 Å². The number of benzene rings is 2. The Hall–Kier alpha value is -2.22. The maximum atomic E-state index is 9.33. The second-order valence-corrected chi connectivity index (χ2v) is 8.05. The van der Waals surface area contributed by atoms with Gasteiger partial charge in [-0.05, 0) is 66.5 Å². The second-order valence-electron chi connectivity index (χ2n) is 8.05. The molecule has 136 valence electrons. The zero-order valence-corrected chi connectivity index (χ0v) is 15.2. The predicted molar refractivity (Wildman–Crippen MR) is 106 cm³/mol. The van der Waals surface area contributed by atoms with Gasteiger partial charge in [0.1, 0.15) is 11.5 Å². The smallest absolute Gasteiger partial charge is 0.115 e. The summed E-state index contributed by atoms with van der Waals surface area (Å²) in [6.07, 6.45) is 13.0. The molecule has 26 heavy (non-hydrogen) atoms. The summed E-state index contributed by atoms with van der Waals surface area (Å²) in [5, 5.41) is 18.7. The Kier molecular flexibility index (Phi) is 5.01. The number of hydrogen-bond acceptors (Lipinski definition) is 2. The van der Waals surface area contributed by atoms with Crippen LogP contribution >= 0.6 is 0 Å². The van der Waals surface area contributed by atoms with Gasteiger partial charge in [0.2, 0.25) is 0 Å². The maximum absolute atomic E-state index is 9.33. The maximum Gasteiger partial charge on any atom is 0.115 e. The first-order valence-electron chi connectivity index (χ1n) is 9.95. The van der Waals surface area contributed by atoms with Crippen LogP contribution in [0.2, 0.25) is 0 Å². The third kappa shape index (κ3) is 4.12. The van der Waals surface area contributed by atoms with Gasteiger partial charge in [0, 0.05) is 11.8 Å². The fourth-order valence-corrected chi connectivity index (χ4v) is 4.48. The summed E-state index contributed by atoms with van der Waals surface area (Å²) in [5.41, 5.74) is 2.51. The van der Waals surface area contributed by atoms with Crippen molar-refractivity contribution in [1.29, 1.82) is 0 Å². The normalized spacial score (nSPS) is 28.8. The highest BCUT2D eigenvalue weighted by molar-refractivity contribution is 5.35. The molecular formula is C24H28O2. The van der Waals surface area contributed by atoms with Gasteiger partial charge in [-0.1, -0.05) is 55.7 Å². The lowest BCUT2D eigenvalue weighted by Gasteiger charge is -2.23. The average Bonchev–Trinajstić information content (AvgIpc) is 3.28. The minimum atomic E-state index is 0.315. The van der Waals surface area contributed by atoms with Crippen LogP contribution in [0, 0.1) is 11.8 Å². The highest BCUT2D eigenvalue weighted by Gasteiger charge is 2.40. The Morgan fingerprint density at radius 2 is 1.00 bits per heavy atom. The molecule has 3 aliphatic rings. The van der Waals surface area contributed by atoms with E-state index in [0.29, 0.717) is 23.3 Å². The number of allylic oxidation sites excluding steroid dienone is 2. The summed E-state index contributed by atoms with van der Waals surface area (Å²) in [6.45, 7) is 0. The van der Waals surface area contributed by atoms with E-state index in [1.807, 2.05) is 24.3 Å². The van der Waals surface area contributed by atoms with Crippen molar-refractivity contribution in [2.45, 2.75) is 50.4 Å². The number of hydrogen-bond donors (Lipinski definition) is 2. The largest absolute Gasteiger partial charge is 0.508 e. The van der Waals surface area contributed by atoms with Crippen molar-refractivity contribution in [2.75, 3.05) is 0 Å². The van der Waals surface area contributed by atoms with E-state index >= 15 is 0 Å². The molecule has 2 aromatic rings. The predicted octanol–water partition coefficient (Wildman–Crippen LogP) is 6.12. The molecule has 5 rings (SSSR count). The van der Waals surface area contributed by atoms with Crippen LogP contribution in [0.25, 0.3) is 0 Å². The Bertz CT molecular complexity index is 681. The molecule has 0 bridgehead atoms. The monoisotopic (exact) mass is 348 g/mol. The summed E-state index contributed by atoms with van der Waals surface area (Å²) in [5.74, 6) is 3.92. The van der Waals surface area contributed by atoms with Gasteiger partial charge in [-0.2, -0.15) is 0 Å². The van der Waals surface area contributed by atoms with Crippen LogP contribution in [0.5, 0.6) is 11.5 Å². The van der Waals surface area contributed by atoms with E-state index in [9.17, 15) is 10.2 Å². The molecule has 2 fully saturated rings. The molecule has 0 heterocycles. The number of fused-ring (bicyclic) bond motifs is 1. The van der Waals surface area contributed by atoms with Crippen molar-refractivity contribution >= 4 is 0 Å². The molecule has 2 heteroatoms. The van der Waals surface area contributed by atoms with E-state index in [1.165, 1.54) is 29.4 Å². The molecule has 0 radical (unpaired) electrons. The van der Waals surface area contributed by atoms with Crippen molar-refractivity contribution in [3.8, 4) is 11.5 Å². The van der Waals surface area contributed by atoms with Gasteiger partial charge in [-0.3, -0.25) is 0 Å². The lowest BCUT2D eigenvalue weighted by atomic mass is 9.81. The molecular weight excluding hydrogens is 320 g/mol. The third-order valence-corrected chi connectivity index (χ3v) is 6.23. The van der Waals surface area contributed by atoms with E-state index < -0.39 is 0 Å². The van der Waals surface area contributed by atoms with Gasteiger partial charge in [-0.25, -0.2) is 0 Å². The minimum absolute atomic E-state index is 0.315. The third-order valence-electron chi connectivity index (χ3n) is 6.23. The first kappa shape index (κ1) is 17.2. The van der Waals surface area contributed by atoms with E-state index in [0.717, 1.165) is 12.8 Å². The van der Waals surface area contributed by atoms with Gasteiger partial charge < -0.3 is 10.2 Å². The second kappa shape index (κ2) is 7.57. The Balaban J connectivity index is 0.000000233. The highest BCUT2D eigenvalue weighted by atomic mass is 16.3. The van der Waals surface area contributed by atoms with Gasteiger partial charge in [0.25, 0.3) is 0 Å². The van der Waals surface area contributed by atoms with E-state index in [4.69, 9.17) is 0 Å². The molecule has 2 nitrogen and oxygen atoms in total. The van der Waals surface area contributed by atoms with Gasteiger partial charge >= 0.3 is 0 Å². The van der Waals surface area contributed by atoms with Gasteiger partial charge in [-0.15, -0.1) is 0 Å². The van der Waals surface area contributed by atoms with Crippen LogP contribution in [-0.2, 0) is 0 Å². The molecule has 2 aromatic carbocycles. The first-order valence-corrected chi connectivity index (χ1v) is 9.95. The van der Waals surface area contributed by atoms with Crippen LogP contribution in [0.15, 0.2) is 60.7 Å². The molecule has 4 unspecified atom stereocenters. The quantitative estimate of drug-likeness (QED) is 0.642. The standard InChI is InChI=1S/C18H18O2.C6H10/c19-17-9-5-15(6-10-17)13-1-2-14(4-3-13)16-7-11-18(20)12-8-16;1-2-5-4-6(5)3-1/h1-2,5-14,19-20H,3-4H2;5-6H,1-4H2. The molecule has 0 amide bonds. The lowest BCUT2D eigenvalue weighted by molar-refractivity contribution is 0.474.